The lowest BCUT2D eigenvalue weighted by molar-refractivity contribution is -0.147. The second-order valence-corrected chi connectivity index (χ2v) is 4.55. The number of rotatable bonds is 4. The highest BCUT2D eigenvalue weighted by atomic mass is 16.4. The van der Waals surface area contributed by atoms with Crippen LogP contribution < -0.4 is 11.1 Å². The van der Waals surface area contributed by atoms with E-state index in [1.165, 1.54) is 4.90 Å². The summed E-state index contributed by atoms with van der Waals surface area (Å²) < 4.78 is 0. The molecule has 1 unspecified atom stereocenters. The summed E-state index contributed by atoms with van der Waals surface area (Å²) in [7, 11) is 0. The van der Waals surface area contributed by atoms with Crippen molar-refractivity contribution in [1.82, 2.24) is 4.90 Å². The Morgan fingerprint density at radius 3 is 2.63 bits per heavy atom. The number of carboxylic acids is 1. The van der Waals surface area contributed by atoms with Crippen molar-refractivity contribution in [3.63, 3.8) is 0 Å². The molecule has 0 spiro atoms. The maximum absolute atomic E-state index is 11.6. The van der Waals surface area contributed by atoms with Crippen LogP contribution in [0.1, 0.15) is 6.42 Å². The second kappa shape index (κ2) is 5.71. The van der Waals surface area contributed by atoms with Crippen molar-refractivity contribution in [2.24, 2.45) is 5.73 Å². The Balaban J connectivity index is 2.05. The Labute approximate surface area is 111 Å². The maximum Gasteiger partial charge on any atom is 0.326 e. The van der Waals surface area contributed by atoms with E-state index >= 15 is 0 Å². The van der Waals surface area contributed by atoms with Gasteiger partial charge in [-0.15, -0.1) is 0 Å². The zero-order valence-corrected chi connectivity index (χ0v) is 10.5. The normalized spacial score (nSPS) is 22.3. The fourth-order valence-electron chi connectivity index (χ4n) is 2.34. The molecular weight excluding hydrogens is 246 g/mol. The van der Waals surface area contributed by atoms with Crippen LogP contribution in [0.5, 0.6) is 0 Å². The molecule has 6 heteroatoms. The Morgan fingerprint density at radius 2 is 2.05 bits per heavy atom. The number of para-hydroxylation sites is 1. The lowest BCUT2D eigenvalue weighted by atomic mass is 10.1. The third-order valence-electron chi connectivity index (χ3n) is 3.23. The quantitative estimate of drug-likeness (QED) is 0.716. The number of amides is 1. The summed E-state index contributed by atoms with van der Waals surface area (Å²) in [5, 5.41) is 12.4. The Kier molecular flexibility index (Phi) is 4.01. The molecule has 6 nitrogen and oxygen atoms in total. The van der Waals surface area contributed by atoms with Crippen molar-refractivity contribution >= 4 is 17.6 Å². The summed E-state index contributed by atoms with van der Waals surface area (Å²) in [6.45, 7) is 0.198. The fraction of sp³-hybridized carbons (Fsp3) is 0.385. The largest absolute Gasteiger partial charge is 0.480 e. The van der Waals surface area contributed by atoms with Crippen molar-refractivity contribution in [1.29, 1.82) is 0 Å². The van der Waals surface area contributed by atoms with Crippen LogP contribution in [0.15, 0.2) is 30.3 Å². The van der Waals surface area contributed by atoms with Crippen LogP contribution in [0.3, 0.4) is 0 Å². The fourth-order valence-corrected chi connectivity index (χ4v) is 2.34. The minimum atomic E-state index is -0.987. The van der Waals surface area contributed by atoms with Crippen LogP contribution in [0, 0.1) is 0 Å². The van der Waals surface area contributed by atoms with Crippen molar-refractivity contribution in [2.45, 2.75) is 18.5 Å². The first-order valence-electron chi connectivity index (χ1n) is 6.15. The van der Waals surface area contributed by atoms with Gasteiger partial charge in [-0.3, -0.25) is 4.79 Å². The molecule has 2 atom stereocenters. The number of likely N-dealkylation sites (tertiary alicyclic amines) is 1. The van der Waals surface area contributed by atoms with Crippen molar-refractivity contribution < 1.29 is 14.7 Å². The molecule has 1 aromatic rings. The monoisotopic (exact) mass is 263 g/mol. The topological polar surface area (TPSA) is 95.7 Å². The third-order valence-corrected chi connectivity index (χ3v) is 3.23. The first-order valence-corrected chi connectivity index (χ1v) is 6.15. The summed E-state index contributed by atoms with van der Waals surface area (Å²) >= 11 is 0. The Hall–Kier alpha value is -2.08. The summed E-state index contributed by atoms with van der Waals surface area (Å²) in [5.41, 5.74) is 6.22. The van der Waals surface area contributed by atoms with Crippen molar-refractivity contribution in [3.05, 3.63) is 30.3 Å². The number of anilines is 1. The summed E-state index contributed by atoms with van der Waals surface area (Å²) in [5.74, 6) is -1.32. The molecule has 0 saturated carbocycles. The van der Waals surface area contributed by atoms with E-state index in [9.17, 15) is 9.59 Å². The lowest BCUT2D eigenvalue weighted by Crippen LogP contribution is -2.43. The number of nitrogens with zero attached hydrogens (tertiary/aromatic N) is 1. The van der Waals surface area contributed by atoms with Gasteiger partial charge in [0.05, 0.1) is 6.54 Å². The molecule has 0 aromatic heterocycles. The van der Waals surface area contributed by atoms with Crippen LogP contribution in [-0.2, 0) is 9.59 Å². The molecule has 0 radical (unpaired) electrons. The molecule has 1 aromatic carbocycles. The highest BCUT2D eigenvalue weighted by Crippen LogP contribution is 2.21. The van der Waals surface area contributed by atoms with Crippen molar-refractivity contribution in [2.75, 3.05) is 18.4 Å². The number of carbonyl (C=O) groups is 2. The molecule has 1 fully saturated rings. The van der Waals surface area contributed by atoms with E-state index in [1.54, 1.807) is 0 Å². The van der Waals surface area contributed by atoms with Gasteiger partial charge < -0.3 is 21.1 Å². The van der Waals surface area contributed by atoms with Gasteiger partial charge in [0.25, 0.3) is 0 Å². The average molecular weight is 263 g/mol. The van der Waals surface area contributed by atoms with Gasteiger partial charge in [0.2, 0.25) is 5.91 Å². The first-order chi connectivity index (χ1) is 9.11. The number of benzene rings is 1. The van der Waals surface area contributed by atoms with E-state index in [1.807, 2.05) is 30.3 Å². The molecule has 1 aliphatic rings. The molecule has 0 aliphatic carbocycles. The maximum atomic E-state index is 11.6. The second-order valence-electron chi connectivity index (χ2n) is 4.55. The van der Waals surface area contributed by atoms with E-state index in [2.05, 4.69) is 5.32 Å². The van der Waals surface area contributed by atoms with E-state index in [-0.39, 0.29) is 18.5 Å². The number of nitrogens with one attached hydrogen (secondary N) is 1. The van der Waals surface area contributed by atoms with Crippen LogP contribution in [0.4, 0.5) is 5.69 Å². The van der Waals surface area contributed by atoms with E-state index in [0.29, 0.717) is 13.0 Å². The standard InChI is InChI=1S/C13H17N3O3/c14-7-12(17)16-8-10(6-11(16)13(18)19)15-9-4-2-1-3-5-9/h1-5,10-11,15H,6-8,14H2,(H,18,19)/t10-,11?/m1/s1. The number of carbonyl (C=O) groups excluding carboxylic acids is 1. The van der Waals surface area contributed by atoms with Crippen molar-refractivity contribution in [3.8, 4) is 0 Å². The predicted octanol–water partition coefficient (Wildman–Crippen LogP) is 0.111. The molecule has 1 heterocycles. The first kappa shape index (κ1) is 13.4. The minimum Gasteiger partial charge on any atom is -0.480 e. The summed E-state index contributed by atoms with van der Waals surface area (Å²) in [4.78, 5) is 24.1. The van der Waals surface area contributed by atoms with Gasteiger partial charge in [-0.25, -0.2) is 4.79 Å². The van der Waals surface area contributed by atoms with Crippen LogP contribution in [0.25, 0.3) is 0 Å². The van der Waals surface area contributed by atoms with Crippen LogP contribution >= 0.6 is 0 Å². The lowest BCUT2D eigenvalue weighted by Gasteiger charge is -2.20. The minimum absolute atomic E-state index is 0.0704. The molecule has 1 saturated heterocycles. The molecule has 4 N–H and O–H groups in total. The molecule has 0 bridgehead atoms. The third kappa shape index (κ3) is 3.03. The number of hydrogen-bond acceptors (Lipinski definition) is 4. The summed E-state index contributed by atoms with van der Waals surface area (Å²) in [6, 6.07) is 8.65. The molecule has 2 rings (SSSR count). The average Bonchev–Trinajstić information content (AvgIpc) is 2.83. The SMILES string of the molecule is NCC(=O)N1C[C@H](Nc2ccccc2)CC1C(=O)O. The molecule has 102 valence electrons. The van der Waals surface area contributed by atoms with Gasteiger partial charge in [-0.2, -0.15) is 0 Å². The summed E-state index contributed by atoms with van der Waals surface area (Å²) in [6.07, 6.45) is 0.385. The van der Waals surface area contributed by atoms with Crippen LogP contribution in [-0.4, -0.2) is 47.1 Å². The molecular formula is C13H17N3O3. The smallest absolute Gasteiger partial charge is 0.326 e. The van der Waals surface area contributed by atoms with Gasteiger partial charge in [0, 0.05) is 24.7 Å². The Morgan fingerprint density at radius 1 is 1.37 bits per heavy atom. The number of carboxylic acid groups (broad SMARTS) is 1. The van der Waals surface area contributed by atoms with Gasteiger partial charge in [0.1, 0.15) is 6.04 Å². The zero-order chi connectivity index (χ0) is 13.8. The zero-order valence-electron chi connectivity index (χ0n) is 10.5. The Bertz CT molecular complexity index is 463. The number of aliphatic carboxylic acids is 1. The number of nitrogens with two attached hydrogens (primary N) is 1. The van der Waals surface area contributed by atoms with Crippen LogP contribution in [0.2, 0.25) is 0 Å². The van der Waals surface area contributed by atoms with Gasteiger partial charge in [0.15, 0.2) is 0 Å². The predicted molar refractivity (Wildman–Crippen MR) is 70.7 cm³/mol. The molecule has 1 aliphatic heterocycles. The highest BCUT2D eigenvalue weighted by Gasteiger charge is 2.39. The van der Waals surface area contributed by atoms with E-state index in [4.69, 9.17) is 10.8 Å². The van der Waals surface area contributed by atoms with E-state index in [0.717, 1.165) is 5.69 Å². The number of hydrogen-bond donors (Lipinski definition) is 3. The highest BCUT2D eigenvalue weighted by molar-refractivity contribution is 5.85. The van der Waals surface area contributed by atoms with Gasteiger partial charge >= 0.3 is 5.97 Å². The molecule has 1 amide bonds. The van der Waals surface area contributed by atoms with Gasteiger partial charge in [-0.1, -0.05) is 18.2 Å². The van der Waals surface area contributed by atoms with Gasteiger partial charge in [-0.05, 0) is 12.1 Å². The van der Waals surface area contributed by atoms with E-state index < -0.39 is 12.0 Å². The molecule has 19 heavy (non-hydrogen) atoms.